The predicted molar refractivity (Wildman–Crippen MR) is 83.8 cm³/mol. The molecule has 2 unspecified atom stereocenters. The Morgan fingerprint density at radius 3 is 2.90 bits per heavy atom. The maximum absolute atomic E-state index is 11.5. The molecular weight excluding hydrogens is 266 g/mol. The van der Waals surface area contributed by atoms with Gasteiger partial charge in [0.1, 0.15) is 0 Å². The van der Waals surface area contributed by atoms with Crippen molar-refractivity contribution < 1.29 is 9.90 Å². The van der Waals surface area contributed by atoms with E-state index in [0.717, 1.165) is 18.8 Å². The Bertz CT molecular complexity index is 546. The van der Waals surface area contributed by atoms with Crippen molar-refractivity contribution in [2.24, 2.45) is 0 Å². The zero-order valence-electron chi connectivity index (χ0n) is 12.5. The minimum Gasteiger partial charge on any atom is -0.478 e. The topological polar surface area (TPSA) is 69.8 Å². The molecule has 5 nitrogen and oxygen atoms in total. The van der Waals surface area contributed by atoms with Crippen LogP contribution in [0.1, 0.15) is 36.5 Å². The van der Waals surface area contributed by atoms with E-state index in [0.29, 0.717) is 23.3 Å². The molecule has 1 aromatic carbocycles. The highest BCUT2D eigenvalue weighted by atomic mass is 16.4. The highest BCUT2D eigenvalue weighted by Gasteiger charge is 2.34. The molecule has 114 valence electrons. The van der Waals surface area contributed by atoms with Gasteiger partial charge < -0.3 is 15.7 Å². The lowest BCUT2D eigenvalue weighted by Crippen LogP contribution is -2.59. The number of nitrogen functional groups attached to an aromatic ring is 1. The summed E-state index contributed by atoms with van der Waals surface area (Å²) in [4.78, 5) is 16.3. The molecule has 2 saturated heterocycles. The van der Waals surface area contributed by atoms with Crippen LogP contribution < -0.4 is 10.6 Å². The zero-order chi connectivity index (χ0) is 15.0. The number of carboxylic acids is 1. The van der Waals surface area contributed by atoms with Gasteiger partial charge in [-0.15, -0.1) is 0 Å². The number of carboxylic acid groups (broad SMARTS) is 1. The SMILES string of the molecule is CC1CN2CCCCC2CN1c1cc(N)ccc1C(=O)O. The third-order valence-corrected chi connectivity index (χ3v) is 4.75. The number of fused-ring (bicyclic) bond motifs is 1. The van der Waals surface area contributed by atoms with E-state index in [-0.39, 0.29) is 0 Å². The second kappa shape index (κ2) is 5.56. The molecule has 2 fully saturated rings. The van der Waals surface area contributed by atoms with Gasteiger partial charge in [0.05, 0.1) is 11.3 Å². The highest BCUT2D eigenvalue weighted by molar-refractivity contribution is 5.95. The number of rotatable bonds is 2. The molecule has 1 aromatic rings. The summed E-state index contributed by atoms with van der Waals surface area (Å²) in [5.74, 6) is -0.886. The second-order valence-electron chi connectivity index (χ2n) is 6.23. The molecule has 2 atom stereocenters. The summed E-state index contributed by atoms with van der Waals surface area (Å²) in [6.07, 6.45) is 3.75. The van der Waals surface area contributed by atoms with Crippen LogP contribution >= 0.6 is 0 Å². The van der Waals surface area contributed by atoms with E-state index >= 15 is 0 Å². The van der Waals surface area contributed by atoms with Crippen LogP contribution in [0.3, 0.4) is 0 Å². The first-order valence-electron chi connectivity index (χ1n) is 7.70. The molecule has 0 bridgehead atoms. The molecule has 0 spiro atoms. The fraction of sp³-hybridized carbons (Fsp3) is 0.562. The smallest absolute Gasteiger partial charge is 0.337 e. The number of aromatic carboxylic acids is 1. The molecular formula is C16H23N3O2. The zero-order valence-corrected chi connectivity index (χ0v) is 12.5. The van der Waals surface area contributed by atoms with E-state index in [9.17, 15) is 9.90 Å². The van der Waals surface area contributed by atoms with Crippen LogP contribution in [0.4, 0.5) is 11.4 Å². The van der Waals surface area contributed by atoms with Gasteiger partial charge >= 0.3 is 5.97 Å². The molecule has 0 saturated carbocycles. The standard InChI is InChI=1S/C16H23N3O2/c1-11-9-18-7-3-2-4-13(18)10-19(11)15-8-12(17)5-6-14(15)16(20)21/h5-6,8,11,13H,2-4,7,9-10,17H2,1H3,(H,20,21). The van der Waals surface area contributed by atoms with Gasteiger partial charge in [-0.1, -0.05) is 6.42 Å². The summed E-state index contributed by atoms with van der Waals surface area (Å²) in [5, 5.41) is 9.43. The van der Waals surface area contributed by atoms with Gasteiger partial charge in [0, 0.05) is 30.9 Å². The summed E-state index contributed by atoms with van der Waals surface area (Å²) >= 11 is 0. The second-order valence-corrected chi connectivity index (χ2v) is 6.23. The van der Waals surface area contributed by atoms with Crippen molar-refractivity contribution in [3.05, 3.63) is 23.8 Å². The number of carbonyl (C=O) groups is 1. The largest absolute Gasteiger partial charge is 0.478 e. The molecule has 2 aliphatic heterocycles. The maximum atomic E-state index is 11.5. The fourth-order valence-electron chi connectivity index (χ4n) is 3.65. The summed E-state index contributed by atoms with van der Waals surface area (Å²) in [7, 11) is 0. The third kappa shape index (κ3) is 2.70. The van der Waals surface area contributed by atoms with Crippen LogP contribution in [-0.4, -0.2) is 47.7 Å². The van der Waals surface area contributed by atoms with Gasteiger partial charge in [-0.2, -0.15) is 0 Å². The molecule has 2 aliphatic rings. The number of piperazine rings is 1. The van der Waals surface area contributed by atoms with Crippen LogP contribution in [-0.2, 0) is 0 Å². The Kier molecular flexibility index (Phi) is 3.76. The molecule has 0 aromatic heterocycles. The highest BCUT2D eigenvalue weighted by Crippen LogP contribution is 2.31. The summed E-state index contributed by atoms with van der Waals surface area (Å²) < 4.78 is 0. The Labute approximate surface area is 125 Å². The average Bonchev–Trinajstić information content (AvgIpc) is 2.46. The minimum absolute atomic E-state index is 0.305. The van der Waals surface area contributed by atoms with Gasteiger partial charge in [-0.25, -0.2) is 4.79 Å². The van der Waals surface area contributed by atoms with Crippen molar-refractivity contribution in [3.63, 3.8) is 0 Å². The molecule has 3 N–H and O–H groups in total. The molecule has 0 aliphatic carbocycles. The summed E-state index contributed by atoms with van der Waals surface area (Å²) in [6, 6.07) is 5.93. The number of nitrogens with zero attached hydrogens (tertiary/aromatic N) is 2. The quantitative estimate of drug-likeness (QED) is 0.815. The minimum atomic E-state index is -0.886. The number of nitrogens with two attached hydrogens (primary N) is 1. The predicted octanol–water partition coefficient (Wildman–Crippen LogP) is 2.03. The van der Waals surface area contributed by atoms with E-state index in [1.165, 1.54) is 25.8 Å². The lowest BCUT2D eigenvalue weighted by atomic mass is 9.96. The Morgan fingerprint density at radius 2 is 2.14 bits per heavy atom. The first kappa shape index (κ1) is 14.2. The van der Waals surface area contributed by atoms with Crippen molar-refractivity contribution in [1.29, 1.82) is 0 Å². The summed E-state index contributed by atoms with van der Waals surface area (Å²) in [5.41, 5.74) is 7.61. The van der Waals surface area contributed by atoms with Crippen molar-refractivity contribution in [2.75, 3.05) is 30.3 Å². The first-order valence-corrected chi connectivity index (χ1v) is 7.70. The van der Waals surface area contributed by atoms with Gasteiger partial charge in [0.15, 0.2) is 0 Å². The molecule has 0 radical (unpaired) electrons. The van der Waals surface area contributed by atoms with E-state index in [1.54, 1.807) is 18.2 Å². The van der Waals surface area contributed by atoms with E-state index < -0.39 is 5.97 Å². The number of benzene rings is 1. The van der Waals surface area contributed by atoms with Crippen molar-refractivity contribution >= 4 is 17.3 Å². The molecule has 3 rings (SSSR count). The van der Waals surface area contributed by atoms with Crippen LogP contribution in [0.2, 0.25) is 0 Å². The Morgan fingerprint density at radius 1 is 1.33 bits per heavy atom. The first-order chi connectivity index (χ1) is 10.1. The van der Waals surface area contributed by atoms with Crippen molar-refractivity contribution in [1.82, 2.24) is 4.90 Å². The molecule has 0 amide bonds. The van der Waals surface area contributed by atoms with E-state index in [1.807, 2.05) is 0 Å². The van der Waals surface area contributed by atoms with Crippen LogP contribution in [0, 0.1) is 0 Å². The lowest BCUT2D eigenvalue weighted by molar-refractivity contribution is 0.0696. The summed E-state index contributed by atoms with van der Waals surface area (Å²) in [6.45, 7) is 5.23. The normalized spacial score (nSPS) is 26.4. The maximum Gasteiger partial charge on any atom is 0.337 e. The average molecular weight is 289 g/mol. The monoisotopic (exact) mass is 289 g/mol. The lowest BCUT2D eigenvalue weighted by Gasteiger charge is -2.48. The van der Waals surface area contributed by atoms with Gasteiger partial charge in [-0.05, 0) is 44.5 Å². The van der Waals surface area contributed by atoms with E-state index in [4.69, 9.17) is 5.73 Å². The van der Waals surface area contributed by atoms with Crippen LogP contribution in [0.5, 0.6) is 0 Å². The van der Waals surface area contributed by atoms with Crippen molar-refractivity contribution in [3.8, 4) is 0 Å². The van der Waals surface area contributed by atoms with Gasteiger partial charge in [-0.3, -0.25) is 4.90 Å². The molecule has 2 heterocycles. The van der Waals surface area contributed by atoms with E-state index in [2.05, 4.69) is 16.7 Å². The van der Waals surface area contributed by atoms with Crippen molar-refractivity contribution in [2.45, 2.75) is 38.3 Å². The van der Waals surface area contributed by atoms with Gasteiger partial charge in [0.25, 0.3) is 0 Å². The molecule has 5 heteroatoms. The number of hydrogen-bond acceptors (Lipinski definition) is 4. The Hall–Kier alpha value is -1.75. The third-order valence-electron chi connectivity index (χ3n) is 4.75. The number of hydrogen-bond donors (Lipinski definition) is 2. The Balaban J connectivity index is 1.92. The van der Waals surface area contributed by atoms with Gasteiger partial charge in [0.2, 0.25) is 0 Å². The molecule has 21 heavy (non-hydrogen) atoms. The fourth-order valence-corrected chi connectivity index (χ4v) is 3.65. The van der Waals surface area contributed by atoms with Crippen LogP contribution in [0.25, 0.3) is 0 Å². The number of anilines is 2. The van der Waals surface area contributed by atoms with Crippen LogP contribution in [0.15, 0.2) is 18.2 Å². The number of piperidine rings is 1.